The van der Waals surface area contributed by atoms with Crippen LogP contribution in [0.15, 0.2) is 18.3 Å². The van der Waals surface area contributed by atoms with E-state index in [9.17, 15) is 14.4 Å². The van der Waals surface area contributed by atoms with Crippen molar-refractivity contribution < 1.29 is 19.1 Å². The average molecular weight is 307 g/mol. The number of ether oxygens (including phenoxy) is 1. The summed E-state index contributed by atoms with van der Waals surface area (Å²) in [6.07, 6.45) is 1.26. The predicted molar refractivity (Wildman–Crippen MR) is 79.9 cm³/mol. The minimum absolute atomic E-state index is 0.0713. The van der Waals surface area contributed by atoms with Gasteiger partial charge < -0.3 is 15.4 Å². The van der Waals surface area contributed by atoms with Crippen molar-refractivity contribution in [3.05, 3.63) is 29.6 Å². The van der Waals surface area contributed by atoms with E-state index in [0.29, 0.717) is 5.56 Å². The molecular weight excluding hydrogens is 286 g/mol. The van der Waals surface area contributed by atoms with Gasteiger partial charge in [-0.3, -0.25) is 14.6 Å². The Morgan fingerprint density at radius 1 is 1.27 bits per heavy atom. The maximum atomic E-state index is 12.2. The molecule has 2 amide bonds. The van der Waals surface area contributed by atoms with Crippen LogP contribution in [0.25, 0.3) is 0 Å². The average Bonchev–Trinajstić information content (AvgIpc) is 2.45. The Labute approximate surface area is 129 Å². The van der Waals surface area contributed by atoms with E-state index in [1.807, 2.05) is 0 Å². The lowest BCUT2D eigenvalue weighted by Gasteiger charge is -2.24. The number of amides is 2. The summed E-state index contributed by atoms with van der Waals surface area (Å²) in [6, 6.07) is 2.39. The fraction of sp³-hybridized carbons (Fsp3) is 0.467. The molecule has 120 valence electrons. The van der Waals surface area contributed by atoms with Gasteiger partial charge in [0, 0.05) is 13.2 Å². The van der Waals surface area contributed by atoms with Crippen molar-refractivity contribution in [2.45, 2.75) is 39.3 Å². The molecule has 1 aromatic rings. The van der Waals surface area contributed by atoms with E-state index >= 15 is 0 Å². The molecule has 2 N–H and O–H groups in total. The Bertz CT molecular complexity index is 554. The lowest BCUT2D eigenvalue weighted by Crippen LogP contribution is -2.42. The Morgan fingerprint density at radius 2 is 1.91 bits per heavy atom. The number of hydrogen-bond donors (Lipinski definition) is 1. The van der Waals surface area contributed by atoms with Crippen molar-refractivity contribution in [3.63, 3.8) is 0 Å². The third-order valence-corrected chi connectivity index (χ3v) is 3.10. The van der Waals surface area contributed by atoms with Crippen LogP contribution in [0.3, 0.4) is 0 Å². The van der Waals surface area contributed by atoms with Crippen LogP contribution in [-0.4, -0.2) is 46.9 Å². The second-order valence-corrected chi connectivity index (χ2v) is 5.26. The number of pyridine rings is 1. The lowest BCUT2D eigenvalue weighted by atomic mass is 10.1. The summed E-state index contributed by atoms with van der Waals surface area (Å²) in [5.41, 5.74) is 5.87. The molecule has 1 atom stereocenters. The first-order valence-corrected chi connectivity index (χ1v) is 6.93. The molecule has 0 aliphatic carbocycles. The van der Waals surface area contributed by atoms with Crippen molar-refractivity contribution in [1.29, 1.82) is 0 Å². The zero-order chi connectivity index (χ0) is 16.9. The molecule has 0 unspecified atom stereocenters. The van der Waals surface area contributed by atoms with Crippen LogP contribution >= 0.6 is 0 Å². The van der Waals surface area contributed by atoms with Crippen LogP contribution in [0, 0.1) is 0 Å². The Kier molecular flexibility index (Phi) is 6.03. The van der Waals surface area contributed by atoms with E-state index in [4.69, 9.17) is 10.5 Å². The van der Waals surface area contributed by atoms with Crippen molar-refractivity contribution >= 4 is 17.8 Å². The summed E-state index contributed by atoms with van der Waals surface area (Å²) in [6.45, 7) is 5.11. The number of primary amides is 1. The van der Waals surface area contributed by atoms with Gasteiger partial charge in [0.2, 0.25) is 5.91 Å². The maximum absolute atomic E-state index is 12.2. The number of nitrogens with two attached hydrogens (primary N) is 1. The monoisotopic (exact) mass is 307 g/mol. The Morgan fingerprint density at radius 3 is 2.36 bits per heavy atom. The molecule has 0 radical (unpaired) electrons. The quantitative estimate of drug-likeness (QED) is 0.772. The SMILES string of the molecule is CC(C)OC(=O)[C@H](C)N(C)C(=O)Cc1ccc(C(N)=O)nc1. The highest BCUT2D eigenvalue weighted by Gasteiger charge is 2.24. The molecule has 0 spiro atoms. The standard InChI is InChI=1S/C15H21N3O4/c1-9(2)22-15(21)10(3)18(4)13(19)7-11-5-6-12(14(16)20)17-8-11/h5-6,8-10H,7H2,1-4H3,(H2,16,20)/t10-/m0/s1. The van der Waals surface area contributed by atoms with Crippen LogP contribution in [0.2, 0.25) is 0 Å². The van der Waals surface area contributed by atoms with E-state index in [-0.39, 0.29) is 24.1 Å². The smallest absolute Gasteiger partial charge is 0.328 e. The number of aromatic nitrogens is 1. The minimum atomic E-state index is -0.673. The van der Waals surface area contributed by atoms with Crippen LogP contribution in [0.1, 0.15) is 36.8 Å². The molecular formula is C15H21N3O4. The van der Waals surface area contributed by atoms with Crippen LogP contribution in [0.5, 0.6) is 0 Å². The Hall–Kier alpha value is -2.44. The summed E-state index contributed by atoms with van der Waals surface area (Å²) in [7, 11) is 1.54. The maximum Gasteiger partial charge on any atom is 0.328 e. The van der Waals surface area contributed by atoms with Crippen molar-refractivity contribution in [2.75, 3.05) is 7.05 Å². The second-order valence-electron chi connectivity index (χ2n) is 5.26. The van der Waals surface area contributed by atoms with Gasteiger partial charge in [0.15, 0.2) is 0 Å². The second kappa shape index (κ2) is 7.53. The normalized spacial score (nSPS) is 11.9. The molecule has 0 bridgehead atoms. The van der Waals surface area contributed by atoms with Crippen LogP contribution < -0.4 is 5.73 Å². The van der Waals surface area contributed by atoms with E-state index in [0.717, 1.165) is 0 Å². The number of carbonyl (C=O) groups excluding carboxylic acids is 3. The lowest BCUT2D eigenvalue weighted by molar-refractivity contribution is -0.156. The molecule has 22 heavy (non-hydrogen) atoms. The number of rotatable bonds is 6. The molecule has 1 heterocycles. The zero-order valence-corrected chi connectivity index (χ0v) is 13.2. The third-order valence-electron chi connectivity index (χ3n) is 3.10. The third kappa shape index (κ3) is 4.83. The summed E-state index contributed by atoms with van der Waals surface area (Å²) in [5.74, 6) is -1.32. The van der Waals surface area contributed by atoms with Crippen molar-refractivity contribution in [2.24, 2.45) is 5.73 Å². The molecule has 0 aliphatic heterocycles. The fourth-order valence-corrected chi connectivity index (χ4v) is 1.68. The van der Waals surface area contributed by atoms with Gasteiger partial charge in [0.05, 0.1) is 12.5 Å². The van der Waals surface area contributed by atoms with Crippen LogP contribution in [-0.2, 0) is 20.7 Å². The van der Waals surface area contributed by atoms with E-state index < -0.39 is 17.9 Å². The molecule has 0 fully saturated rings. The number of esters is 1. The molecule has 7 nitrogen and oxygen atoms in total. The minimum Gasteiger partial charge on any atom is -0.461 e. The first kappa shape index (κ1) is 17.6. The van der Waals surface area contributed by atoms with Gasteiger partial charge in [-0.1, -0.05) is 6.07 Å². The highest BCUT2D eigenvalue weighted by molar-refractivity contribution is 5.90. The first-order valence-electron chi connectivity index (χ1n) is 6.93. The van der Waals surface area contributed by atoms with Gasteiger partial charge in [-0.25, -0.2) is 4.79 Å². The predicted octanol–water partition coefficient (Wildman–Crippen LogP) is 0.522. The molecule has 0 saturated heterocycles. The fourth-order valence-electron chi connectivity index (χ4n) is 1.68. The number of hydrogen-bond acceptors (Lipinski definition) is 5. The largest absolute Gasteiger partial charge is 0.461 e. The number of nitrogens with zero attached hydrogens (tertiary/aromatic N) is 2. The molecule has 0 aromatic carbocycles. The van der Waals surface area contributed by atoms with Gasteiger partial charge in [-0.15, -0.1) is 0 Å². The number of carbonyl (C=O) groups is 3. The van der Waals surface area contributed by atoms with Gasteiger partial charge >= 0.3 is 5.97 Å². The molecule has 0 saturated carbocycles. The van der Waals surface area contributed by atoms with Gasteiger partial charge in [-0.2, -0.15) is 0 Å². The van der Waals surface area contributed by atoms with E-state index in [2.05, 4.69) is 4.98 Å². The topological polar surface area (TPSA) is 103 Å². The summed E-state index contributed by atoms with van der Waals surface area (Å²) in [5, 5.41) is 0. The molecule has 1 aromatic heterocycles. The first-order chi connectivity index (χ1) is 10.2. The highest BCUT2D eigenvalue weighted by Crippen LogP contribution is 2.07. The van der Waals surface area contributed by atoms with E-state index in [1.54, 1.807) is 33.9 Å². The van der Waals surface area contributed by atoms with E-state index in [1.165, 1.54) is 17.2 Å². The van der Waals surface area contributed by atoms with Crippen LogP contribution in [0.4, 0.5) is 0 Å². The molecule has 7 heteroatoms. The number of likely N-dealkylation sites (N-methyl/N-ethyl adjacent to an activating group) is 1. The summed E-state index contributed by atoms with van der Waals surface area (Å²) >= 11 is 0. The Balaban J connectivity index is 2.67. The zero-order valence-electron chi connectivity index (χ0n) is 13.2. The van der Waals surface area contributed by atoms with Gasteiger partial charge in [-0.05, 0) is 32.4 Å². The van der Waals surface area contributed by atoms with Crippen molar-refractivity contribution in [3.8, 4) is 0 Å². The molecule has 1 rings (SSSR count). The van der Waals surface area contributed by atoms with Gasteiger partial charge in [0.25, 0.3) is 5.91 Å². The summed E-state index contributed by atoms with van der Waals surface area (Å²) in [4.78, 5) is 40.1. The van der Waals surface area contributed by atoms with Gasteiger partial charge in [0.1, 0.15) is 11.7 Å². The highest BCUT2D eigenvalue weighted by atomic mass is 16.5. The molecule has 0 aliphatic rings. The summed E-state index contributed by atoms with van der Waals surface area (Å²) < 4.78 is 5.08. The van der Waals surface area contributed by atoms with Crippen molar-refractivity contribution in [1.82, 2.24) is 9.88 Å².